The zero-order valence-electron chi connectivity index (χ0n) is 13.9. The van der Waals surface area contributed by atoms with Gasteiger partial charge in [-0.15, -0.1) is 0 Å². The van der Waals surface area contributed by atoms with Crippen LogP contribution in [-0.2, 0) is 0 Å². The van der Waals surface area contributed by atoms with E-state index in [1.807, 2.05) is 0 Å². The minimum atomic E-state index is 0.341. The third kappa shape index (κ3) is 1.80. The number of nitrogens with zero attached hydrogens (tertiary/aromatic N) is 1. The molecular weight excluding hydrogens is 256 g/mol. The number of hydrogen-bond acceptors (Lipinski definition) is 2. The van der Waals surface area contributed by atoms with Gasteiger partial charge in [0.15, 0.2) is 0 Å². The van der Waals surface area contributed by atoms with Crippen LogP contribution in [0.4, 0.5) is 0 Å². The fraction of sp³-hybridized carbons (Fsp3) is 0.947. The largest absolute Gasteiger partial charge is 0.323 e. The Kier molecular flexibility index (Phi) is 3.17. The third-order valence-corrected chi connectivity index (χ3v) is 8.48. The molecule has 0 bridgehead atoms. The van der Waals surface area contributed by atoms with E-state index in [0.29, 0.717) is 10.8 Å². The molecule has 118 valence electrons. The molecule has 0 unspecified atom stereocenters. The van der Waals surface area contributed by atoms with Gasteiger partial charge in [-0.2, -0.15) is 5.10 Å². The Balaban J connectivity index is 1.66. The summed E-state index contributed by atoms with van der Waals surface area (Å²) in [6.07, 6.45) is 14.3. The predicted molar refractivity (Wildman–Crippen MR) is 88.0 cm³/mol. The number of hydrogen-bond donors (Lipinski definition) is 1. The van der Waals surface area contributed by atoms with Crippen molar-refractivity contribution < 1.29 is 0 Å². The van der Waals surface area contributed by atoms with Gasteiger partial charge in [-0.05, 0) is 80.5 Å². The summed E-state index contributed by atoms with van der Waals surface area (Å²) in [4.78, 5) is 0. The highest BCUT2D eigenvalue weighted by Crippen LogP contribution is 2.65. The molecule has 0 aromatic carbocycles. The highest BCUT2D eigenvalue weighted by molar-refractivity contribution is 5.92. The quantitative estimate of drug-likeness (QED) is 0.507. The molecule has 21 heavy (non-hydrogen) atoms. The molecule has 4 aliphatic rings. The standard InChI is InChI=1S/C19H32N2/c1-18-11-4-3-5-13(18)6-7-14-15-8-9-17(21-20)19(15,2)12-10-16(14)18/h13-16H,3-12,20H2,1-2H3/b21-17-/t13-,14-,15-,16-,18+,19+/m1/s1. The smallest absolute Gasteiger partial charge is 0.0437 e. The first-order chi connectivity index (χ1) is 10.1. The number of nitrogens with two attached hydrogens (primary N) is 1. The first kappa shape index (κ1) is 14.1. The van der Waals surface area contributed by atoms with Gasteiger partial charge in [0, 0.05) is 11.1 Å². The van der Waals surface area contributed by atoms with Crippen molar-refractivity contribution >= 4 is 5.71 Å². The van der Waals surface area contributed by atoms with Gasteiger partial charge in [-0.3, -0.25) is 0 Å². The summed E-state index contributed by atoms with van der Waals surface area (Å²) >= 11 is 0. The van der Waals surface area contributed by atoms with Crippen molar-refractivity contribution in [3.63, 3.8) is 0 Å². The lowest BCUT2D eigenvalue weighted by Gasteiger charge is -2.59. The summed E-state index contributed by atoms with van der Waals surface area (Å²) in [6, 6.07) is 0. The van der Waals surface area contributed by atoms with Crippen molar-refractivity contribution in [2.75, 3.05) is 0 Å². The molecule has 0 amide bonds. The van der Waals surface area contributed by atoms with E-state index in [0.717, 1.165) is 23.7 Å². The highest BCUT2D eigenvalue weighted by Gasteiger charge is 2.58. The SMILES string of the molecule is C[C@]12CCCC[C@@H]1CC[C@H]1[C@H]2CC[C@]2(C)/C(=N\N)CC[C@H]12. The Bertz CT molecular complexity index is 456. The van der Waals surface area contributed by atoms with Gasteiger partial charge >= 0.3 is 0 Å². The van der Waals surface area contributed by atoms with E-state index in [1.54, 1.807) is 0 Å². The van der Waals surface area contributed by atoms with Crippen LogP contribution in [0.3, 0.4) is 0 Å². The van der Waals surface area contributed by atoms with Crippen LogP contribution in [0.5, 0.6) is 0 Å². The highest BCUT2D eigenvalue weighted by atomic mass is 15.1. The normalized spacial score (nSPS) is 54.9. The van der Waals surface area contributed by atoms with E-state index in [4.69, 9.17) is 5.84 Å². The molecule has 0 radical (unpaired) electrons. The van der Waals surface area contributed by atoms with Gasteiger partial charge in [0.25, 0.3) is 0 Å². The lowest BCUT2D eigenvalue weighted by atomic mass is 9.45. The fourth-order valence-electron chi connectivity index (χ4n) is 7.30. The number of hydrazone groups is 1. The molecule has 2 N–H and O–H groups in total. The van der Waals surface area contributed by atoms with Gasteiger partial charge < -0.3 is 5.84 Å². The van der Waals surface area contributed by atoms with Crippen molar-refractivity contribution in [1.29, 1.82) is 0 Å². The summed E-state index contributed by atoms with van der Waals surface area (Å²) in [5.74, 6) is 9.57. The zero-order chi connectivity index (χ0) is 14.7. The molecule has 2 nitrogen and oxygen atoms in total. The molecule has 0 aromatic heterocycles. The molecule has 4 rings (SSSR count). The molecule has 0 aliphatic heterocycles. The van der Waals surface area contributed by atoms with Gasteiger partial charge in [-0.1, -0.05) is 26.7 Å². The van der Waals surface area contributed by atoms with Crippen LogP contribution >= 0.6 is 0 Å². The van der Waals surface area contributed by atoms with Crippen LogP contribution in [0.25, 0.3) is 0 Å². The summed E-state index contributed by atoms with van der Waals surface area (Å²) in [5.41, 5.74) is 2.33. The molecule has 0 spiro atoms. The van der Waals surface area contributed by atoms with Crippen LogP contribution < -0.4 is 5.84 Å². The molecule has 0 aromatic rings. The summed E-state index contributed by atoms with van der Waals surface area (Å²) < 4.78 is 0. The third-order valence-electron chi connectivity index (χ3n) is 8.48. The Morgan fingerprint density at radius 1 is 0.952 bits per heavy atom. The Labute approximate surface area is 129 Å². The van der Waals surface area contributed by atoms with Crippen LogP contribution in [-0.4, -0.2) is 5.71 Å². The van der Waals surface area contributed by atoms with E-state index in [2.05, 4.69) is 18.9 Å². The van der Waals surface area contributed by atoms with Crippen molar-refractivity contribution in [2.45, 2.75) is 78.1 Å². The van der Waals surface area contributed by atoms with E-state index in [-0.39, 0.29) is 0 Å². The molecule has 2 heteroatoms. The van der Waals surface area contributed by atoms with E-state index < -0.39 is 0 Å². The first-order valence-corrected chi connectivity index (χ1v) is 9.37. The lowest BCUT2D eigenvalue weighted by Crippen LogP contribution is -2.52. The van der Waals surface area contributed by atoms with Crippen molar-refractivity contribution in [1.82, 2.24) is 0 Å². The van der Waals surface area contributed by atoms with Gasteiger partial charge in [0.1, 0.15) is 0 Å². The molecular formula is C19H32N2. The average Bonchev–Trinajstić information content (AvgIpc) is 2.83. The van der Waals surface area contributed by atoms with Gasteiger partial charge in [-0.25, -0.2) is 0 Å². The lowest BCUT2D eigenvalue weighted by molar-refractivity contribution is -0.0936. The molecule has 4 saturated carbocycles. The Hall–Kier alpha value is -0.530. The van der Waals surface area contributed by atoms with Crippen molar-refractivity contribution in [2.24, 2.45) is 45.4 Å². The molecule has 4 aliphatic carbocycles. The van der Waals surface area contributed by atoms with Gasteiger partial charge in [0.05, 0.1) is 0 Å². The van der Waals surface area contributed by atoms with E-state index in [1.165, 1.54) is 69.9 Å². The van der Waals surface area contributed by atoms with Crippen LogP contribution in [0.15, 0.2) is 5.10 Å². The monoisotopic (exact) mass is 288 g/mol. The van der Waals surface area contributed by atoms with Crippen molar-refractivity contribution in [3.8, 4) is 0 Å². The minimum Gasteiger partial charge on any atom is -0.323 e. The number of rotatable bonds is 0. The number of fused-ring (bicyclic) bond motifs is 5. The molecule has 4 fully saturated rings. The Morgan fingerprint density at radius 3 is 2.62 bits per heavy atom. The second-order valence-electron chi connectivity index (χ2n) is 8.97. The Morgan fingerprint density at radius 2 is 1.81 bits per heavy atom. The topological polar surface area (TPSA) is 38.4 Å². The van der Waals surface area contributed by atoms with Crippen LogP contribution in [0.2, 0.25) is 0 Å². The molecule has 0 heterocycles. The molecule has 0 saturated heterocycles. The van der Waals surface area contributed by atoms with Crippen molar-refractivity contribution in [3.05, 3.63) is 0 Å². The summed E-state index contributed by atoms with van der Waals surface area (Å²) in [5, 5.41) is 4.20. The predicted octanol–water partition coefficient (Wildman–Crippen LogP) is 4.73. The van der Waals surface area contributed by atoms with E-state index >= 15 is 0 Å². The second kappa shape index (κ2) is 4.73. The zero-order valence-corrected chi connectivity index (χ0v) is 13.9. The van der Waals surface area contributed by atoms with E-state index in [9.17, 15) is 0 Å². The maximum atomic E-state index is 5.71. The minimum absolute atomic E-state index is 0.341. The maximum Gasteiger partial charge on any atom is 0.0437 e. The summed E-state index contributed by atoms with van der Waals surface area (Å²) in [7, 11) is 0. The van der Waals surface area contributed by atoms with Crippen LogP contribution in [0.1, 0.15) is 78.1 Å². The van der Waals surface area contributed by atoms with Gasteiger partial charge in [0.2, 0.25) is 0 Å². The second-order valence-corrected chi connectivity index (χ2v) is 8.97. The summed E-state index contributed by atoms with van der Waals surface area (Å²) in [6.45, 7) is 5.13. The van der Waals surface area contributed by atoms with Crippen LogP contribution in [0, 0.1) is 34.5 Å². The maximum absolute atomic E-state index is 5.71. The molecule has 6 atom stereocenters. The fourth-order valence-corrected chi connectivity index (χ4v) is 7.30. The average molecular weight is 288 g/mol. The first-order valence-electron chi connectivity index (χ1n) is 9.37.